The molecule has 9 nitrogen and oxygen atoms in total. The van der Waals surface area contributed by atoms with Crippen molar-refractivity contribution in [2.75, 3.05) is 38.0 Å². The molecule has 1 atom stereocenters. The molecule has 3 amide bonds. The molecule has 4 heterocycles. The fourth-order valence-corrected chi connectivity index (χ4v) is 7.53. The molecule has 2 N–H and O–H groups in total. The van der Waals surface area contributed by atoms with Gasteiger partial charge in [-0.15, -0.1) is 11.3 Å². The van der Waals surface area contributed by atoms with Crippen LogP contribution in [0.2, 0.25) is 0 Å². The predicted octanol–water partition coefficient (Wildman–Crippen LogP) is 4.84. The zero-order valence-electron chi connectivity index (χ0n) is 23.4. The van der Waals surface area contributed by atoms with Crippen molar-refractivity contribution >= 4 is 34.2 Å². The third-order valence-electron chi connectivity index (χ3n) is 8.27. The third kappa shape index (κ3) is 5.72. The molecule has 3 aliphatic rings. The smallest absolute Gasteiger partial charge is 0.319 e. The van der Waals surface area contributed by atoms with Crippen molar-refractivity contribution in [1.82, 2.24) is 15.1 Å². The number of ether oxygens (including phenoxy) is 1. The minimum Gasteiger partial charge on any atom is -0.459 e. The van der Waals surface area contributed by atoms with Gasteiger partial charge in [0.05, 0.1) is 22.6 Å². The number of amides is 3. The molecular weight excluding hydrogens is 526 g/mol. The van der Waals surface area contributed by atoms with Crippen molar-refractivity contribution in [2.24, 2.45) is 5.41 Å². The molecular formula is C30H37N5O4S. The van der Waals surface area contributed by atoms with Gasteiger partial charge in [-0.2, -0.15) is 5.26 Å². The van der Waals surface area contributed by atoms with E-state index < -0.39 is 11.0 Å². The van der Waals surface area contributed by atoms with Crippen molar-refractivity contribution in [2.45, 2.75) is 64.5 Å². The van der Waals surface area contributed by atoms with E-state index >= 15 is 0 Å². The minimum atomic E-state index is -0.410. The van der Waals surface area contributed by atoms with E-state index in [0.29, 0.717) is 41.8 Å². The molecule has 0 bridgehead atoms. The van der Waals surface area contributed by atoms with Gasteiger partial charge in [0.15, 0.2) is 0 Å². The number of nitrogens with one attached hydrogen (secondary N) is 2. The molecule has 0 radical (unpaired) electrons. The molecule has 1 unspecified atom stereocenters. The second-order valence-electron chi connectivity index (χ2n) is 11.7. The Morgan fingerprint density at radius 1 is 1.18 bits per heavy atom. The van der Waals surface area contributed by atoms with Crippen LogP contribution in [-0.2, 0) is 9.53 Å². The molecule has 212 valence electrons. The van der Waals surface area contributed by atoms with Crippen molar-refractivity contribution in [1.29, 1.82) is 5.26 Å². The number of benzene rings is 1. The number of rotatable bonds is 5. The Balaban J connectivity index is 1.28. The minimum absolute atomic E-state index is 0.0579. The van der Waals surface area contributed by atoms with Crippen molar-refractivity contribution in [3.05, 3.63) is 41.5 Å². The molecule has 40 heavy (non-hydrogen) atoms. The first kappa shape index (κ1) is 28.1. The number of urea groups is 1. The summed E-state index contributed by atoms with van der Waals surface area (Å²) >= 11 is 1.35. The highest BCUT2D eigenvalue weighted by Crippen LogP contribution is 2.47. The van der Waals surface area contributed by atoms with Crippen LogP contribution in [0.5, 0.6) is 0 Å². The monoisotopic (exact) mass is 563 g/mol. The van der Waals surface area contributed by atoms with Crippen LogP contribution in [0, 0.1) is 16.7 Å². The van der Waals surface area contributed by atoms with Gasteiger partial charge in [-0.25, -0.2) is 4.79 Å². The molecule has 1 aromatic carbocycles. The van der Waals surface area contributed by atoms with Gasteiger partial charge in [0.25, 0.3) is 5.91 Å². The predicted molar refractivity (Wildman–Crippen MR) is 154 cm³/mol. The van der Waals surface area contributed by atoms with Gasteiger partial charge in [-0.3, -0.25) is 19.8 Å². The van der Waals surface area contributed by atoms with E-state index in [-0.39, 0.29) is 17.9 Å². The fourth-order valence-electron chi connectivity index (χ4n) is 6.48. The van der Waals surface area contributed by atoms with Gasteiger partial charge in [0.2, 0.25) is 0 Å². The largest absolute Gasteiger partial charge is 0.459 e. The van der Waals surface area contributed by atoms with Crippen LogP contribution >= 0.6 is 11.3 Å². The molecule has 1 aromatic heterocycles. The summed E-state index contributed by atoms with van der Waals surface area (Å²) in [4.78, 5) is 44.1. The van der Waals surface area contributed by atoms with Gasteiger partial charge in [0, 0.05) is 43.5 Å². The van der Waals surface area contributed by atoms with Crippen LogP contribution in [-0.4, -0.2) is 72.1 Å². The number of nitrogens with zero attached hydrogens (tertiary/aromatic N) is 3. The van der Waals surface area contributed by atoms with Gasteiger partial charge in [-0.1, -0.05) is 12.1 Å². The van der Waals surface area contributed by atoms with E-state index in [9.17, 15) is 14.4 Å². The quantitative estimate of drug-likeness (QED) is 0.503. The maximum atomic E-state index is 13.7. The highest BCUT2D eigenvalue weighted by molar-refractivity contribution is 7.20. The normalized spacial score (nSPS) is 23.1. The summed E-state index contributed by atoms with van der Waals surface area (Å²) in [7, 11) is 0. The summed E-state index contributed by atoms with van der Waals surface area (Å²) < 4.78 is 5.71. The molecule has 0 aliphatic carbocycles. The first-order chi connectivity index (χ1) is 19.1. The van der Waals surface area contributed by atoms with Crippen molar-refractivity contribution in [3.63, 3.8) is 0 Å². The van der Waals surface area contributed by atoms with Crippen LogP contribution in [0.4, 0.5) is 9.80 Å². The van der Waals surface area contributed by atoms with Crippen LogP contribution in [0.3, 0.4) is 0 Å². The summed E-state index contributed by atoms with van der Waals surface area (Å²) in [6, 6.07) is 11.1. The molecule has 5 rings (SSSR count). The number of hydrogen-bond donors (Lipinski definition) is 2. The van der Waals surface area contributed by atoms with Gasteiger partial charge < -0.3 is 15.0 Å². The maximum absolute atomic E-state index is 13.7. The number of anilines is 1. The Morgan fingerprint density at radius 2 is 1.90 bits per heavy atom. The highest BCUT2D eigenvalue weighted by Gasteiger charge is 2.54. The number of likely N-dealkylation sites (tertiary alicyclic amines) is 2. The SMILES string of the molecule is CCNC(=O)Nc1sc(-c2ccc(C#N)cc2)cc1C(=O)N1CCC(N2CCCC3(C2)CC(C)(C)OC3=O)CC1. The van der Waals surface area contributed by atoms with E-state index in [1.807, 2.05) is 43.9 Å². The zero-order valence-corrected chi connectivity index (χ0v) is 24.2. The fraction of sp³-hybridized carbons (Fsp3) is 0.533. The second kappa shape index (κ2) is 11.2. The summed E-state index contributed by atoms with van der Waals surface area (Å²) in [5.41, 5.74) is 1.10. The average molecular weight is 564 g/mol. The summed E-state index contributed by atoms with van der Waals surface area (Å²) in [6.45, 7) is 9.23. The van der Waals surface area contributed by atoms with Crippen LogP contribution in [0.25, 0.3) is 10.4 Å². The standard InChI is InChI=1S/C30H37N5O4S/c1-4-32-28(38)33-25-23(16-24(40-25)21-8-6-20(17-31)7-9-21)26(36)34-14-10-22(11-15-34)35-13-5-12-30(19-35)18-29(2,3)39-27(30)37/h6-9,16,22H,4-5,10-15,18-19H2,1-3H3,(H2,32,33,38). The Hall–Kier alpha value is -3.42. The molecule has 3 fully saturated rings. The number of nitriles is 1. The molecule has 3 aliphatic heterocycles. The highest BCUT2D eigenvalue weighted by atomic mass is 32.1. The summed E-state index contributed by atoms with van der Waals surface area (Å²) in [6.07, 6.45) is 4.29. The lowest BCUT2D eigenvalue weighted by molar-refractivity contribution is -0.154. The van der Waals surface area contributed by atoms with Crippen LogP contribution < -0.4 is 10.6 Å². The Bertz CT molecular complexity index is 1320. The number of piperidine rings is 2. The lowest BCUT2D eigenvalue weighted by Gasteiger charge is -2.44. The Morgan fingerprint density at radius 3 is 2.52 bits per heavy atom. The Kier molecular flexibility index (Phi) is 7.89. The number of hydrogen-bond acceptors (Lipinski definition) is 7. The summed E-state index contributed by atoms with van der Waals surface area (Å²) in [5, 5.41) is 15.2. The summed E-state index contributed by atoms with van der Waals surface area (Å²) in [5.74, 6) is -0.157. The van der Waals surface area contributed by atoms with Crippen molar-refractivity contribution < 1.29 is 19.1 Å². The van der Waals surface area contributed by atoms with Crippen LogP contribution in [0.1, 0.15) is 68.8 Å². The van der Waals surface area contributed by atoms with Crippen LogP contribution in [0.15, 0.2) is 30.3 Å². The maximum Gasteiger partial charge on any atom is 0.319 e. The topological polar surface area (TPSA) is 115 Å². The van der Waals surface area contributed by atoms with E-state index in [0.717, 1.165) is 55.6 Å². The first-order valence-electron chi connectivity index (χ1n) is 14.1. The van der Waals surface area contributed by atoms with Gasteiger partial charge >= 0.3 is 12.0 Å². The molecule has 10 heteroatoms. The average Bonchev–Trinajstić information content (AvgIpc) is 3.45. The van der Waals surface area contributed by atoms with E-state index in [1.54, 1.807) is 12.1 Å². The molecule has 0 saturated carbocycles. The number of esters is 1. The van der Waals surface area contributed by atoms with Gasteiger partial charge in [0.1, 0.15) is 10.6 Å². The zero-order chi connectivity index (χ0) is 28.5. The third-order valence-corrected chi connectivity index (χ3v) is 9.37. The lowest BCUT2D eigenvalue weighted by Crippen LogP contribution is -2.53. The van der Waals surface area contributed by atoms with Crippen molar-refractivity contribution in [3.8, 4) is 16.5 Å². The van der Waals surface area contributed by atoms with Gasteiger partial charge in [-0.05, 0) is 76.8 Å². The van der Waals surface area contributed by atoms with E-state index in [2.05, 4.69) is 21.6 Å². The van der Waals surface area contributed by atoms with E-state index in [4.69, 9.17) is 10.00 Å². The number of thiophene rings is 1. The molecule has 1 spiro atoms. The Labute approximate surface area is 239 Å². The number of carbonyl (C=O) groups is 3. The van der Waals surface area contributed by atoms with E-state index in [1.165, 1.54) is 11.3 Å². The molecule has 2 aromatic rings. The second-order valence-corrected chi connectivity index (χ2v) is 12.8. The first-order valence-corrected chi connectivity index (χ1v) is 14.9. The lowest BCUT2D eigenvalue weighted by atomic mass is 9.74. The number of cyclic esters (lactones) is 1. The molecule has 3 saturated heterocycles. The number of carbonyl (C=O) groups excluding carboxylic acids is 3.